The topological polar surface area (TPSA) is 3.24 Å². The minimum atomic E-state index is 0.622. The van der Waals surface area contributed by atoms with E-state index in [-0.39, 0.29) is 0 Å². The molecule has 0 amide bonds. The van der Waals surface area contributed by atoms with Crippen LogP contribution in [-0.2, 0) is 0 Å². The molecule has 0 aliphatic heterocycles. The van der Waals surface area contributed by atoms with Gasteiger partial charge in [0.1, 0.15) is 0 Å². The van der Waals surface area contributed by atoms with Gasteiger partial charge in [0, 0.05) is 6.54 Å². The third-order valence-electron chi connectivity index (χ3n) is 1.61. The normalized spacial score (nSPS) is 13.6. The van der Waals surface area contributed by atoms with E-state index in [4.69, 9.17) is 0 Å². The van der Waals surface area contributed by atoms with Gasteiger partial charge in [-0.05, 0) is 25.9 Å². The van der Waals surface area contributed by atoms with E-state index in [1.54, 1.807) is 0 Å². The standard InChI is InChI=1S/C9H19N/c1-5-7-10(4)8-9(3)6-2/h6,9H,2,5,7-8H2,1,3-4H3. The van der Waals surface area contributed by atoms with Crippen LogP contribution in [0.2, 0.25) is 0 Å². The highest BCUT2D eigenvalue weighted by Crippen LogP contribution is 1.98. The lowest BCUT2D eigenvalue weighted by molar-refractivity contribution is 0.308. The van der Waals surface area contributed by atoms with Crippen molar-refractivity contribution in [3.8, 4) is 0 Å². The van der Waals surface area contributed by atoms with Crippen LogP contribution in [0.25, 0.3) is 0 Å². The second-order valence-corrected chi connectivity index (χ2v) is 2.98. The van der Waals surface area contributed by atoms with Crippen LogP contribution < -0.4 is 0 Å². The van der Waals surface area contributed by atoms with Gasteiger partial charge in [-0.1, -0.05) is 19.9 Å². The van der Waals surface area contributed by atoms with Gasteiger partial charge in [0.15, 0.2) is 0 Å². The van der Waals surface area contributed by atoms with Gasteiger partial charge in [-0.15, -0.1) is 6.58 Å². The summed E-state index contributed by atoms with van der Waals surface area (Å²) in [5.74, 6) is 0.622. The first-order valence-electron chi connectivity index (χ1n) is 4.01. The molecule has 0 spiro atoms. The summed E-state index contributed by atoms with van der Waals surface area (Å²) in [5, 5.41) is 0. The van der Waals surface area contributed by atoms with E-state index in [1.807, 2.05) is 6.08 Å². The Labute approximate surface area is 64.7 Å². The second-order valence-electron chi connectivity index (χ2n) is 2.98. The van der Waals surface area contributed by atoms with Gasteiger partial charge in [-0.2, -0.15) is 0 Å². The Kier molecular flexibility index (Phi) is 5.32. The molecule has 1 nitrogen and oxygen atoms in total. The van der Waals surface area contributed by atoms with E-state index in [0.29, 0.717) is 5.92 Å². The van der Waals surface area contributed by atoms with Gasteiger partial charge < -0.3 is 4.90 Å². The molecule has 0 radical (unpaired) electrons. The molecule has 0 aliphatic rings. The molecule has 0 bridgehead atoms. The maximum absolute atomic E-state index is 3.75. The molecule has 0 heterocycles. The van der Waals surface area contributed by atoms with E-state index in [1.165, 1.54) is 13.0 Å². The molecule has 0 fully saturated rings. The number of hydrogen-bond donors (Lipinski definition) is 0. The third kappa shape index (κ3) is 4.57. The molecule has 0 aromatic carbocycles. The van der Waals surface area contributed by atoms with E-state index in [0.717, 1.165) is 6.54 Å². The molecule has 0 saturated heterocycles. The van der Waals surface area contributed by atoms with Crippen molar-refractivity contribution >= 4 is 0 Å². The lowest BCUT2D eigenvalue weighted by atomic mass is 10.2. The van der Waals surface area contributed by atoms with Crippen molar-refractivity contribution in [2.45, 2.75) is 20.3 Å². The zero-order chi connectivity index (χ0) is 7.98. The summed E-state index contributed by atoms with van der Waals surface area (Å²) in [5.41, 5.74) is 0. The quantitative estimate of drug-likeness (QED) is 0.530. The largest absolute Gasteiger partial charge is 0.306 e. The number of rotatable bonds is 5. The Balaban J connectivity index is 3.36. The molecule has 0 saturated carbocycles. The zero-order valence-corrected chi connectivity index (χ0v) is 7.43. The van der Waals surface area contributed by atoms with Crippen LogP contribution in [0.4, 0.5) is 0 Å². The van der Waals surface area contributed by atoms with Crippen molar-refractivity contribution < 1.29 is 0 Å². The van der Waals surface area contributed by atoms with Gasteiger partial charge in [-0.25, -0.2) is 0 Å². The van der Waals surface area contributed by atoms with Crippen LogP contribution in [-0.4, -0.2) is 25.0 Å². The van der Waals surface area contributed by atoms with Crippen molar-refractivity contribution in [3.05, 3.63) is 12.7 Å². The summed E-state index contributed by atoms with van der Waals surface area (Å²) in [7, 11) is 2.16. The number of nitrogens with zero attached hydrogens (tertiary/aromatic N) is 1. The minimum Gasteiger partial charge on any atom is -0.306 e. The van der Waals surface area contributed by atoms with Crippen molar-refractivity contribution in [2.24, 2.45) is 5.92 Å². The molecule has 0 aromatic heterocycles. The average molecular weight is 141 g/mol. The highest BCUT2D eigenvalue weighted by molar-refractivity contribution is 4.76. The Bertz CT molecular complexity index is 88.7. The van der Waals surface area contributed by atoms with Crippen LogP contribution in [0, 0.1) is 5.92 Å². The first-order chi connectivity index (χ1) is 4.70. The Morgan fingerprint density at radius 3 is 2.60 bits per heavy atom. The summed E-state index contributed by atoms with van der Waals surface area (Å²) < 4.78 is 0. The fraction of sp³-hybridized carbons (Fsp3) is 0.778. The molecule has 0 aliphatic carbocycles. The van der Waals surface area contributed by atoms with Gasteiger partial charge >= 0.3 is 0 Å². The highest BCUT2D eigenvalue weighted by Gasteiger charge is 1.99. The van der Waals surface area contributed by atoms with Crippen LogP contribution in [0.15, 0.2) is 12.7 Å². The summed E-state index contributed by atoms with van der Waals surface area (Å²) >= 11 is 0. The summed E-state index contributed by atoms with van der Waals surface area (Å²) in [6, 6.07) is 0. The van der Waals surface area contributed by atoms with Gasteiger partial charge in [0.25, 0.3) is 0 Å². The molecular weight excluding hydrogens is 122 g/mol. The molecule has 1 unspecified atom stereocenters. The van der Waals surface area contributed by atoms with Gasteiger partial charge in [-0.3, -0.25) is 0 Å². The summed E-state index contributed by atoms with van der Waals surface area (Å²) in [6.07, 6.45) is 3.24. The molecule has 0 aromatic rings. The lowest BCUT2D eigenvalue weighted by Crippen LogP contribution is -2.24. The monoisotopic (exact) mass is 141 g/mol. The molecule has 1 heteroatoms. The maximum Gasteiger partial charge on any atom is 0.00385 e. The SMILES string of the molecule is C=CC(C)CN(C)CCC. The van der Waals surface area contributed by atoms with Crippen molar-refractivity contribution in [1.82, 2.24) is 4.90 Å². The van der Waals surface area contributed by atoms with Crippen molar-refractivity contribution in [3.63, 3.8) is 0 Å². The Hall–Kier alpha value is -0.300. The highest BCUT2D eigenvalue weighted by atomic mass is 15.1. The van der Waals surface area contributed by atoms with Gasteiger partial charge in [0.05, 0.1) is 0 Å². The van der Waals surface area contributed by atoms with E-state index in [2.05, 4.69) is 32.4 Å². The smallest absolute Gasteiger partial charge is 0.00385 e. The molecule has 1 atom stereocenters. The van der Waals surface area contributed by atoms with E-state index >= 15 is 0 Å². The third-order valence-corrected chi connectivity index (χ3v) is 1.61. The maximum atomic E-state index is 3.75. The van der Waals surface area contributed by atoms with E-state index in [9.17, 15) is 0 Å². The summed E-state index contributed by atoms with van der Waals surface area (Å²) in [4.78, 5) is 2.34. The van der Waals surface area contributed by atoms with Gasteiger partial charge in [0.2, 0.25) is 0 Å². The Morgan fingerprint density at radius 1 is 1.60 bits per heavy atom. The van der Waals surface area contributed by atoms with Crippen molar-refractivity contribution in [1.29, 1.82) is 0 Å². The minimum absolute atomic E-state index is 0.622. The predicted molar refractivity (Wildman–Crippen MR) is 47.1 cm³/mol. The van der Waals surface area contributed by atoms with Crippen LogP contribution >= 0.6 is 0 Å². The van der Waals surface area contributed by atoms with Crippen LogP contribution in [0.1, 0.15) is 20.3 Å². The molecular formula is C9H19N. The summed E-state index contributed by atoms with van der Waals surface area (Å²) in [6.45, 7) is 10.5. The average Bonchev–Trinajstić information content (AvgIpc) is 1.88. The zero-order valence-electron chi connectivity index (χ0n) is 7.43. The molecule has 60 valence electrons. The fourth-order valence-electron chi connectivity index (χ4n) is 1.04. The second kappa shape index (κ2) is 5.48. The first-order valence-corrected chi connectivity index (χ1v) is 4.01. The Morgan fingerprint density at radius 2 is 2.20 bits per heavy atom. The molecule has 0 N–H and O–H groups in total. The predicted octanol–water partition coefficient (Wildman–Crippen LogP) is 2.15. The molecule has 10 heavy (non-hydrogen) atoms. The van der Waals surface area contributed by atoms with Crippen molar-refractivity contribution in [2.75, 3.05) is 20.1 Å². The van der Waals surface area contributed by atoms with E-state index < -0.39 is 0 Å². The van der Waals surface area contributed by atoms with Crippen LogP contribution in [0.5, 0.6) is 0 Å². The lowest BCUT2D eigenvalue weighted by Gasteiger charge is -2.17. The fourth-order valence-corrected chi connectivity index (χ4v) is 1.04. The van der Waals surface area contributed by atoms with Crippen LogP contribution in [0.3, 0.4) is 0 Å². The molecule has 0 rings (SSSR count). The number of hydrogen-bond acceptors (Lipinski definition) is 1. The first kappa shape index (κ1) is 9.70.